The van der Waals surface area contributed by atoms with E-state index in [-0.39, 0.29) is 6.61 Å². The maximum atomic E-state index is 9.10. The van der Waals surface area contributed by atoms with Crippen LogP contribution >= 0.6 is 0 Å². The highest BCUT2D eigenvalue weighted by atomic mass is 16.3. The summed E-state index contributed by atoms with van der Waals surface area (Å²) in [4.78, 5) is 6.63. The maximum Gasteiger partial charge on any atom is 0.129 e. The Kier molecular flexibility index (Phi) is 6.39. The van der Waals surface area contributed by atoms with Gasteiger partial charge in [-0.1, -0.05) is 19.4 Å². The first-order valence-corrected chi connectivity index (χ1v) is 6.41. The minimum absolute atomic E-state index is 0.103. The van der Waals surface area contributed by atoms with Crippen molar-refractivity contribution in [3.05, 3.63) is 36.0 Å². The largest absolute Gasteiger partial charge is 0.395 e. The third kappa shape index (κ3) is 4.13. The lowest BCUT2D eigenvalue weighted by molar-refractivity contribution is 0.302. The quantitative estimate of drug-likeness (QED) is 0.685. The molecular formula is C14H23N3O. The van der Waals surface area contributed by atoms with E-state index < -0.39 is 0 Å². The van der Waals surface area contributed by atoms with Gasteiger partial charge in [0.05, 0.1) is 6.61 Å². The van der Waals surface area contributed by atoms with Gasteiger partial charge < -0.3 is 15.7 Å². The van der Waals surface area contributed by atoms with Crippen molar-refractivity contribution in [3.8, 4) is 0 Å². The van der Waals surface area contributed by atoms with Gasteiger partial charge in [0, 0.05) is 25.3 Å². The van der Waals surface area contributed by atoms with E-state index in [1.54, 1.807) is 0 Å². The number of aliphatic hydroxyl groups excluding tert-OH is 1. The van der Waals surface area contributed by atoms with E-state index in [1.165, 1.54) is 0 Å². The first-order chi connectivity index (χ1) is 8.74. The number of rotatable bonds is 8. The Morgan fingerprint density at radius 3 is 2.83 bits per heavy atom. The van der Waals surface area contributed by atoms with E-state index in [2.05, 4.69) is 24.6 Å². The molecule has 4 nitrogen and oxygen atoms in total. The van der Waals surface area contributed by atoms with Gasteiger partial charge in [-0.25, -0.2) is 4.98 Å². The molecule has 3 N–H and O–H groups in total. The Balaban J connectivity index is 3.02. The zero-order chi connectivity index (χ0) is 13.4. The summed E-state index contributed by atoms with van der Waals surface area (Å²) in [5.74, 6) is 0.871. The lowest BCUT2D eigenvalue weighted by Gasteiger charge is -2.22. The molecule has 0 aliphatic heterocycles. The Bertz CT molecular complexity index is 379. The van der Waals surface area contributed by atoms with Crippen molar-refractivity contribution in [2.45, 2.75) is 26.3 Å². The maximum absolute atomic E-state index is 9.10. The summed E-state index contributed by atoms with van der Waals surface area (Å²) in [7, 11) is 0. The van der Waals surface area contributed by atoms with Crippen LogP contribution in [0.2, 0.25) is 0 Å². The van der Waals surface area contributed by atoms with Crippen LogP contribution in [0.3, 0.4) is 0 Å². The molecule has 4 heteroatoms. The smallest absolute Gasteiger partial charge is 0.129 e. The molecule has 0 unspecified atom stereocenters. The zero-order valence-corrected chi connectivity index (χ0v) is 11.1. The topological polar surface area (TPSA) is 62.4 Å². The summed E-state index contributed by atoms with van der Waals surface area (Å²) < 4.78 is 0. The van der Waals surface area contributed by atoms with Gasteiger partial charge in [-0.15, -0.1) is 6.58 Å². The normalized spacial score (nSPS) is 10.4. The summed E-state index contributed by atoms with van der Waals surface area (Å²) in [6.07, 6.45) is 3.82. The summed E-state index contributed by atoms with van der Waals surface area (Å²) in [5.41, 5.74) is 7.85. The van der Waals surface area contributed by atoms with Crippen LogP contribution in [0, 0.1) is 0 Å². The SMILES string of the molecule is C=CCN(CCO)c1cc(CN)cc(CCC)n1. The van der Waals surface area contributed by atoms with Gasteiger partial charge in [0.25, 0.3) is 0 Å². The Hall–Kier alpha value is -1.39. The molecule has 0 bridgehead atoms. The summed E-state index contributed by atoms with van der Waals surface area (Å²) in [6, 6.07) is 4.04. The molecule has 0 aliphatic carbocycles. The molecule has 0 saturated heterocycles. The van der Waals surface area contributed by atoms with Crippen molar-refractivity contribution in [2.24, 2.45) is 5.73 Å². The van der Waals surface area contributed by atoms with Crippen molar-refractivity contribution >= 4 is 5.82 Å². The average Bonchev–Trinajstić information content (AvgIpc) is 2.38. The fourth-order valence-corrected chi connectivity index (χ4v) is 1.87. The summed E-state index contributed by atoms with van der Waals surface area (Å²) >= 11 is 0. The first-order valence-electron chi connectivity index (χ1n) is 6.41. The van der Waals surface area contributed by atoms with Crippen molar-refractivity contribution < 1.29 is 5.11 Å². The van der Waals surface area contributed by atoms with Gasteiger partial charge >= 0.3 is 0 Å². The second-order valence-electron chi connectivity index (χ2n) is 4.24. The number of hydrogen-bond acceptors (Lipinski definition) is 4. The molecule has 0 aliphatic rings. The van der Waals surface area contributed by atoms with Crippen molar-refractivity contribution in [1.29, 1.82) is 0 Å². The van der Waals surface area contributed by atoms with Crippen LogP contribution in [0.25, 0.3) is 0 Å². The number of pyridine rings is 1. The molecule has 0 radical (unpaired) electrons. The molecule has 1 heterocycles. The van der Waals surface area contributed by atoms with Crippen LogP contribution in [0.15, 0.2) is 24.8 Å². The second kappa shape index (κ2) is 7.84. The van der Waals surface area contributed by atoms with E-state index in [1.807, 2.05) is 17.0 Å². The van der Waals surface area contributed by atoms with Gasteiger partial charge in [-0.2, -0.15) is 0 Å². The zero-order valence-electron chi connectivity index (χ0n) is 11.1. The molecule has 1 aromatic rings. The van der Waals surface area contributed by atoms with Crippen molar-refractivity contribution in [1.82, 2.24) is 4.98 Å². The lowest BCUT2D eigenvalue weighted by atomic mass is 10.1. The molecule has 0 atom stereocenters. The minimum Gasteiger partial charge on any atom is -0.395 e. The van der Waals surface area contributed by atoms with Crippen LogP contribution in [-0.2, 0) is 13.0 Å². The molecule has 0 amide bonds. The molecule has 0 aromatic carbocycles. The van der Waals surface area contributed by atoms with E-state index in [0.717, 1.165) is 29.9 Å². The Labute approximate surface area is 109 Å². The number of nitrogens with zero attached hydrogens (tertiary/aromatic N) is 2. The van der Waals surface area contributed by atoms with Gasteiger partial charge in [0.1, 0.15) is 5.82 Å². The number of hydrogen-bond donors (Lipinski definition) is 2. The highest BCUT2D eigenvalue weighted by molar-refractivity contribution is 5.43. The third-order valence-corrected chi connectivity index (χ3v) is 2.71. The number of nitrogens with two attached hydrogens (primary N) is 1. The first kappa shape index (κ1) is 14.7. The minimum atomic E-state index is 0.103. The number of aromatic nitrogens is 1. The van der Waals surface area contributed by atoms with Gasteiger partial charge in [-0.05, 0) is 24.1 Å². The molecular weight excluding hydrogens is 226 g/mol. The Morgan fingerprint density at radius 2 is 2.28 bits per heavy atom. The van der Waals surface area contributed by atoms with E-state index >= 15 is 0 Å². The standard InChI is InChI=1S/C14H23N3O/c1-3-5-13-9-12(11-15)10-14(16-13)17(6-4-2)7-8-18/h4,9-10,18H,2-3,5-8,11,15H2,1H3. The van der Waals surface area contributed by atoms with Gasteiger partial charge in [-0.3, -0.25) is 0 Å². The predicted molar refractivity (Wildman–Crippen MR) is 75.6 cm³/mol. The molecule has 100 valence electrons. The average molecular weight is 249 g/mol. The van der Waals surface area contributed by atoms with E-state index in [0.29, 0.717) is 19.6 Å². The third-order valence-electron chi connectivity index (χ3n) is 2.71. The molecule has 1 aromatic heterocycles. The Morgan fingerprint density at radius 1 is 1.50 bits per heavy atom. The van der Waals surface area contributed by atoms with Crippen LogP contribution in [0.1, 0.15) is 24.6 Å². The fraction of sp³-hybridized carbons (Fsp3) is 0.500. The number of anilines is 1. The molecule has 1 rings (SSSR count). The molecule has 18 heavy (non-hydrogen) atoms. The van der Waals surface area contributed by atoms with E-state index in [9.17, 15) is 0 Å². The van der Waals surface area contributed by atoms with Crippen LogP contribution in [0.4, 0.5) is 5.82 Å². The van der Waals surface area contributed by atoms with Gasteiger partial charge in [0.15, 0.2) is 0 Å². The van der Waals surface area contributed by atoms with Crippen LogP contribution in [0.5, 0.6) is 0 Å². The van der Waals surface area contributed by atoms with Crippen LogP contribution < -0.4 is 10.6 Å². The monoisotopic (exact) mass is 249 g/mol. The van der Waals surface area contributed by atoms with Crippen molar-refractivity contribution in [3.63, 3.8) is 0 Å². The molecule has 0 saturated carbocycles. The fourth-order valence-electron chi connectivity index (χ4n) is 1.87. The lowest BCUT2D eigenvalue weighted by Crippen LogP contribution is -2.28. The summed E-state index contributed by atoms with van der Waals surface area (Å²) in [6.45, 7) is 7.70. The predicted octanol–water partition coefficient (Wildman–Crippen LogP) is 1.48. The van der Waals surface area contributed by atoms with Crippen molar-refractivity contribution in [2.75, 3.05) is 24.6 Å². The number of aliphatic hydroxyl groups is 1. The molecule has 0 fully saturated rings. The summed E-state index contributed by atoms with van der Waals surface area (Å²) in [5, 5.41) is 9.10. The van der Waals surface area contributed by atoms with Crippen LogP contribution in [-0.4, -0.2) is 29.8 Å². The highest BCUT2D eigenvalue weighted by Gasteiger charge is 2.08. The second-order valence-corrected chi connectivity index (χ2v) is 4.24. The molecule has 0 spiro atoms. The highest BCUT2D eigenvalue weighted by Crippen LogP contribution is 2.16. The van der Waals surface area contributed by atoms with Gasteiger partial charge in [0.2, 0.25) is 0 Å². The van der Waals surface area contributed by atoms with E-state index in [4.69, 9.17) is 10.8 Å². The number of aryl methyl sites for hydroxylation is 1.